The Labute approximate surface area is 110 Å². The number of amides is 1. The highest BCUT2D eigenvalue weighted by atomic mass is 16.6. The highest BCUT2D eigenvalue weighted by molar-refractivity contribution is 6.32. The molecular formula is C12H17NO6. The molecule has 0 aromatic rings. The van der Waals surface area contributed by atoms with Crippen molar-refractivity contribution in [1.82, 2.24) is 5.32 Å². The van der Waals surface area contributed by atoms with Crippen molar-refractivity contribution in [2.75, 3.05) is 7.11 Å². The fourth-order valence-electron chi connectivity index (χ4n) is 1.66. The van der Waals surface area contributed by atoms with Gasteiger partial charge in [-0.2, -0.15) is 0 Å². The van der Waals surface area contributed by atoms with Gasteiger partial charge in [0.15, 0.2) is 0 Å². The molecule has 0 aromatic heterocycles. The number of carbonyl (C=O) groups excluding carboxylic acids is 4. The van der Waals surface area contributed by atoms with E-state index in [2.05, 4.69) is 10.1 Å². The number of aldehydes is 1. The number of carbonyl (C=O) groups is 4. The van der Waals surface area contributed by atoms with Gasteiger partial charge in [0, 0.05) is 0 Å². The van der Waals surface area contributed by atoms with Crippen LogP contribution in [0.2, 0.25) is 0 Å². The summed E-state index contributed by atoms with van der Waals surface area (Å²) in [4.78, 5) is 45.0. The first-order valence-electron chi connectivity index (χ1n) is 5.78. The predicted molar refractivity (Wildman–Crippen MR) is 62.8 cm³/mol. The van der Waals surface area contributed by atoms with Gasteiger partial charge in [0.2, 0.25) is 0 Å². The minimum absolute atomic E-state index is 0.557. The molecule has 1 amide bonds. The van der Waals surface area contributed by atoms with E-state index in [0.717, 1.165) is 0 Å². The first kappa shape index (κ1) is 15.1. The van der Waals surface area contributed by atoms with Crippen LogP contribution in [0.5, 0.6) is 0 Å². The average molecular weight is 271 g/mol. The highest BCUT2D eigenvalue weighted by Crippen LogP contribution is 2.38. The van der Waals surface area contributed by atoms with E-state index in [1.54, 1.807) is 20.8 Å². The summed E-state index contributed by atoms with van der Waals surface area (Å²) in [7, 11) is 1.19. The lowest BCUT2D eigenvalue weighted by atomic mass is 10.2. The largest absolute Gasteiger partial charge is 0.469 e. The second-order valence-corrected chi connectivity index (χ2v) is 5.26. The molecule has 0 spiro atoms. The second-order valence-electron chi connectivity index (χ2n) is 5.26. The van der Waals surface area contributed by atoms with Gasteiger partial charge in [0.25, 0.3) is 0 Å². The van der Waals surface area contributed by atoms with Crippen molar-refractivity contribution in [3.05, 3.63) is 0 Å². The van der Waals surface area contributed by atoms with Crippen molar-refractivity contribution in [1.29, 1.82) is 0 Å². The molecule has 0 aromatic carbocycles. The normalized spacial score (nSPS) is 25.2. The van der Waals surface area contributed by atoms with Gasteiger partial charge in [-0.05, 0) is 20.8 Å². The molecule has 1 aliphatic carbocycles. The van der Waals surface area contributed by atoms with Crippen LogP contribution in [0.15, 0.2) is 0 Å². The zero-order chi connectivity index (χ0) is 14.8. The van der Waals surface area contributed by atoms with Crippen molar-refractivity contribution in [3.63, 3.8) is 0 Å². The minimum atomic E-state index is -1.05. The Balaban J connectivity index is 2.56. The van der Waals surface area contributed by atoms with E-state index in [-0.39, 0.29) is 0 Å². The molecule has 0 aliphatic heterocycles. The van der Waals surface area contributed by atoms with Crippen LogP contribution in [0, 0.1) is 11.8 Å². The van der Waals surface area contributed by atoms with Gasteiger partial charge in [-0.1, -0.05) is 0 Å². The topological polar surface area (TPSA) is 98.8 Å². The lowest BCUT2D eigenvalue weighted by Crippen LogP contribution is -2.39. The maximum Gasteiger partial charge on any atom is 0.397 e. The molecule has 1 N–H and O–H groups in total. The zero-order valence-electron chi connectivity index (χ0n) is 11.3. The standard InChI is InChI=1S/C12H17NO6/c1-12(2,3)19-11(17)9(15)13-8-6(5-14)7(8)10(16)18-4/h5-8H,1-4H3,(H,13,15)/t6-,7-,8-/m1/s1. The van der Waals surface area contributed by atoms with Crippen molar-refractivity contribution in [2.24, 2.45) is 11.8 Å². The number of rotatable bonds is 3. The first-order valence-corrected chi connectivity index (χ1v) is 5.78. The highest BCUT2D eigenvalue weighted by Gasteiger charge is 2.57. The number of hydrogen-bond acceptors (Lipinski definition) is 6. The van der Waals surface area contributed by atoms with E-state index in [1.165, 1.54) is 7.11 Å². The molecule has 19 heavy (non-hydrogen) atoms. The monoisotopic (exact) mass is 271 g/mol. The quantitative estimate of drug-likeness (QED) is 0.419. The molecule has 0 radical (unpaired) electrons. The number of nitrogens with one attached hydrogen (secondary N) is 1. The van der Waals surface area contributed by atoms with Crippen LogP contribution in [0.25, 0.3) is 0 Å². The number of hydrogen-bond donors (Lipinski definition) is 1. The number of ether oxygens (including phenoxy) is 2. The third-order valence-corrected chi connectivity index (χ3v) is 2.59. The molecule has 106 valence electrons. The molecule has 3 atom stereocenters. The number of methoxy groups -OCH3 is 1. The maximum absolute atomic E-state index is 11.5. The maximum atomic E-state index is 11.5. The Hall–Kier alpha value is -1.92. The second kappa shape index (κ2) is 5.38. The Morgan fingerprint density at radius 2 is 1.79 bits per heavy atom. The van der Waals surface area contributed by atoms with E-state index in [0.29, 0.717) is 6.29 Å². The fourth-order valence-corrected chi connectivity index (χ4v) is 1.66. The number of esters is 2. The summed E-state index contributed by atoms with van der Waals surface area (Å²) >= 11 is 0. The van der Waals surface area contributed by atoms with Gasteiger partial charge in [-0.25, -0.2) is 4.79 Å². The van der Waals surface area contributed by atoms with Crippen molar-refractivity contribution >= 4 is 24.1 Å². The van der Waals surface area contributed by atoms with E-state index in [1.807, 2.05) is 0 Å². The average Bonchev–Trinajstić information content (AvgIpc) is 2.98. The Kier molecular flexibility index (Phi) is 4.28. The fraction of sp³-hybridized carbons (Fsp3) is 0.667. The molecule has 7 nitrogen and oxygen atoms in total. The van der Waals surface area contributed by atoms with Crippen LogP contribution in [-0.4, -0.2) is 42.9 Å². The van der Waals surface area contributed by atoms with Crippen molar-refractivity contribution < 1.29 is 28.7 Å². The first-order chi connectivity index (χ1) is 8.71. The summed E-state index contributed by atoms with van der Waals surface area (Å²) in [5, 5.41) is 2.30. The molecule has 7 heteroatoms. The zero-order valence-corrected chi connectivity index (χ0v) is 11.3. The van der Waals surface area contributed by atoms with Crippen LogP contribution in [0.4, 0.5) is 0 Å². The Morgan fingerprint density at radius 3 is 2.21 bits per heavy atom. The van der Waals surface area contributed by atoms with Crippen LogP contribution in [0.1, 0.15) is 20.8 Å². The summed E-state index contributed by atoms with van der Waals surface area (Å²) in [6.45, 7) is 4.88. The van der Waals surface area contributed by atoms with Gasteiger partial charge in [0.05, 0.1) is 25.0 Å². The van der Waals surface area contributed by atoms with Crippen LogP contribution >= 0.6 is 0 Å². The van der Waals surface area contributed by atoms with E-state index < -0.39 is 41.3 Å². The molecule has 1 rings (SSSR count). The SMILES string of the molecule is COC(=O)[C@@H]1[C@@H](C=O)[C@H]1NC(=O)C(=O)OC(C)(C)C. The molecule has 0 heterocycles. The third kappa shape index (κ3) is 3.77. The van der Waals surface area contributed by atoms with Crippen molar-refractivity contribution in [3.8, 4) is 0 Å². The van der Waals surface area contributed by atoms with Crippen LogP contribution in [-0.2, 0) is 28.7 Å². The van der Waals surface area contributed by atoms with Crippen molar-refractivity contribution in [2.45, 2.75) is 32.4 Å². The molecule has 0 bridgehead atoms. The minimum Gasteiger partial charge on any atom is -0.469 e. The third-order valence-electron chi connectivity index (χ3n) is 2.59. The van der Waals surface area contributed by atoms with E-state index in [4.69, 9.17) is 4.74 Å². The van der Waals surface area contributed by atoms with Gasteiger partial charge >= 0.3 is 17.8 Å². The molecule has 0 saturated heterocycles. The van der Waals surface area contributed by atoms with Gasteiger partial charge in [-0.3, -0.25) is 9.59 Å². The van der Waals surface area contributed by atoms with Gasteiger partial charge in [-0.15, -0.1) is 0 Å². The van der Waals surface area contributed by atoms with Gasteiger partial charge < -0.3 is 19.6 Å². The summed E-state index contributed by atoms with van der Waals surface area (Å²) in [6.07, 6.45) is 0.557. The lowest BCUT2D eigenvalue weighted by molar-refractivity contribution is -0.163. The summed E-state index contributed by atoms with van der Waals surface area (Å²) in [5.41, 5.74) is -0.788. The summed E-state index contributed by atoms with van der Waals surface area (Å²) in [5.74, 6) is -4.00. The van der Waals surface area contributed by atoms with E-state index in [9.17, 15) is 19.2 Å². The van der Waals surface area contributed by atoms with Crippen LogP contribution in [0.3, 0.4) is 0 Å². The molecule has 1 aliphatic rings. The Morgan fingerprint density at radius 1 is 1.21 bits per heavy atom. The Bertz CT molecular complexity index is 411. The lowest BCUT2D eigenvalue weighted by Gasteiger charge is -2.18. The predicted octanol–water partition coefficient (Wildman–Crippen LogP) is -0.569. The van der Waals surface area contributed by atoms with E-state index >= 15 is 0 Å². The molecule has 1 saturated carbocycles. The summed E-state index contributed by atoms with van der Waals surface area (Å²) in [6, 6.07) is -0.704. The molecule has 0 unspecified atom stereocenters. The molecular weight excluding hydrogens is 254 g/mol. The molecule has 1 fully saturated rings. The smallest absolute Gasteiger partial charge is 0.397 e. The van der Waals surface area contributed by atoms with Gasteiger partial charge in [0.1, 0.15) is 11.9 Å². The summed E-state index contributed by atoms with van der Waals surface area (Å²) < 4.78 is 9.36. The van der Waals surface area contributed by atoms with Crippen LogP contribution < -0.4 is 5.32 Å².